The largest absolute Gasteiger partial charge is 0.324 e. The molecule has 0 spiro atoms. The second-order valence-corrected chi connectivity index (χ2v) is 2.81. The molecule has 0 aliphatic heterocycles. The molecule has 0 aromatic heterocycles. The number of hydrazine groups is 1. The maximum absolute atomic E-state index is 8.89. The Balaban J connectivity index is 3.28. The van der Waals surface area contributed by atoms with Crippen LogP contribution in [0.5, 0.6) is 0 Å². The maximum atomic E-state index is 8.89. The Hall–Kier alpha value is -2.81. The smallest absolute Gasteiger partial charge is 0.148 e. The van der Waals surface area contributed by atoms with E-state index in [2.05, 4.69) is 5.43 Å². The molecule has 0 heterocycles. The van der Waals surface area contributed by atoms with E-state index >= 15 is 0 Å². The minimum absolute atomic E-state index is 0.0635. The summed E-state index contributed by atoms with van der Waals surface area (Å²) in [4.78, 5) is 0. The molecule has 5 nitrogen and oxygen atoms in total. The Bertz CT molecular complexity index is 518. The Morgan fingerprint density at radius 2 is 1.56 bits per heavy atom. The van der Waals surface area contributed by atoms with Gasteiger partial charge in [0.15, 0.2) is 0 Å². The summed E-state index contributed by atoms with van der Waals surface area (Å²) in [7, 11) is 0. The van der Waals surface area contributed by atoms with Crippen LogP contribution >= 0.6 is 0 Å². The molecule has 0 aliphatic carbocycles. The number of nitrogen functional groups attached to an aromatic ring is 1. The van der Waals surface area contributed by atoms with E-state index in [0.29, 0.717) is 11.3 Å². The van der Waals surface area contributed by atoms with E-state index in [4.69, 9.17) is 21.6 Å². The van der Waals surface area contributed by atoms with Gasteiger partial charge in [-0.25, -0.2) is 0 Å². The summed E-state index contributed by atoms with van der Waals surface area (Å²) >= 11 is 0. The van der Waals surface area contributed by atoms with E-state index in [1.165, 1.54) is 0 Å². The van der Waals surface area contributed by atoms with E-state index in [1.54, 1.807) is 36.4 Å². The van der Waals surface area contributed by atoms with Gasteiger partial charge in [-0.15, -0.1) is 0 Å². The Morgan fingerprint density at radius 1 is 1.00 bits per heavy atom. The minimum atomic E-state index is -0.198. The lowest BCUT2D eigenvalue weighted by Crippen LogP contribution is -2.06. The Labute approximate surface area is 92.6 Å². The summed E-state index contributed by atoms with van der Waals surface area (Å²) < 4.78 is 0. The van der Waals surface area contributed by atoms with Crippen molar-refractivity contribution in [3.05, 3.63) is 35.4 Å². The normalized spacial score (nSPS) is 8.12. The van der Waals surface area contributed by atoms with Crippen LogP contribution in [0.1, 0.15) is 5.56 Å². The molecular weight excluding hydrogens is 202 g/mol. The summed E-state index contributed by atoms with van der Waals surface area (Å²) in [5.74, 6) is 5.19. The van der Waals surface area contributed by atoms with E-state index in [9.17, 15) is 0 Å². The number of nitrogens with zero attached hydrogens (tertiary/aromatic N) is 3. The minimum Gasteiger partial charge on any atom is -0.324 e. The Kier molecular flexibility index (Phi) is 3.64. The molecule has 0 aliphatic rings. The lowest BCUT2D eigenvalue weighted by molar-refractivity contribution is 1.35. The van der Waals surface area contributed by atoms with Gasteiger partial charge in [-0.1, -0.05) is 12.1 Å². The molecule has 0 fully saturated rings. The van der Waals surface area contributed by atoms with Crippen LogP contribution in [-0.2, 0) is 0 Å². The van der Waals surface area contributed by atoms with Crippen LogP contribution in [0.2, 0.25) is 0 Å². The number of nitrogens with one attached hydrogen (secondary N) is 1. The zero-order valence-electron chi connectivity index (χ0n) is 8.23. The number of benzene rings is 1. The van der Waals surface area contributed by atoms with E-state index in [0.717, 1.165) is 0 Å². The molecule has 5 heteroatoms. The van der Waals surface area contributed by atoms with Crippen LogP contribution in [0.15, 0.2) is 29.8 Å². The van der Waals surface area contributed by atoms with Crippen LogP contribution < -0.4 is 11.3 Å². The van der Waals surface area contributed by atoms with Gasteiger partial charge in [-0.3, -0.25) is 5.84 Å². The molecule has 0 radical (unpaired) electrons. The first-order valence-corrected chi connectivity index (χ1v) is 4.28. The van der Waals surface area contributed by atoms with Gasteiger partial charge in [0, 0.05) is 5.69 Å². The van der Waals surface area contributed by atoms with Crippen LogP contribution in [0.3, 0.4) is 0 Å². The topological polar surface area (TPSA) is 109 Å². The molecule has 1 rings (SSSR count). The number of hydrogen-bond acceptors (Lipinski definition) is 5. The highest BCUT2D eigenvalue weighted by Gasteiger charge is 2.08. The van der Waals surface area contributed by atoms with E-state index in [1.807, 2.05) is 6.07 Å². The van der Waals surface area contributed by atoms with Crippen molar-refractivity contribution in [2.24, 2.45) is 5.84 Å². The van der Waals surface area contributed by atoms with Crippen LogP contribution in [0.4, 0.5) is 5.69 Å². The van der Waals surface area contributed by atoms with Crippen molar-refractivity contribution in [1.29, 1.82) is 15.8 Å². The molecular formula is C11H7N5. The maximum Gasteiger partial charge on any atom is 0.148 e. The molecule has 3 N–H and O–H groups in total. The first-order chi connectivity index (χ1) is 7.76. The highest BCUT2D eigenvalue weighted by atomic mass is 15.2. The van der Waals surface area contributed by atoms with Crippen molar-refractivity contribution in [3.63, 3.8) is 0 Å². The van der Waals surface area contributed by atoms with Crippen LogP contribution in [0.25, 0.3) is 5.57 Å². The summed E-state index contributed by atoms with van der Waals surface area (Å²) in [6.45, 7) is 0. The van der Waals surface area contributed by atoms with Gasteiger partial charge >= 0.3 is 0 Å². The van der Waals surface area contributed by atoms with Gasteiger partial charge in [0.25, 0.3) is 0 Å². The van der Waals surface area contributed by atoms with Crippen molar-refractivity contribution in [2.45, 2.75) is 0 Å². The first kappa shape index (κ1) is 11.3. The van der Waals surface area contributed by atoms with Gasteiger partial charge in [-0.05, 0) is 17.7 Å². The molecule has 16 heavy (non-hydrogen) atoms. The summed E-state index contributed by atoms with van der Waals surface area (Å²) in [5, 5.41) is 26.2. The van der Waals surface area contributed by atoms with Gasteiger partial charge in [0.2, 0.25) is 0 Å². The molecule has 0 saturated carbocycles. The third-order valence-corrected chi connectivity index (χ3v) is 1.93. The number of nitrogens with two attached hydrogens (primary N) is 1. The van der Waals surface area contributed by atoms with Gasteiger partial charge in [-0.2, -0.15) is 15.8 Å². The second-order valence-electron chi connectivity index (χ2n) is 2.81. The van der Waals surface area contributed by atoms with Gasteiger partial charge in [0.05, 0.1) is 5.57 Å². The standard InChI is InChI=1S/C11H7N5/c12-5-9(6-13)11(7-14)8-1-3-10(16-15)4-2-8/h1-4,16H,15H2. The third-order valence-electron chi connectivity index (χ3n) is 1.93. The van der Waals surface area contributed by atoms with Crippen molar-refractivity contribution in [3.8, 4) is 18.2 Å². The molecule has 0 amide bonds. The number of rotatable bonds is 2. The number of anilines is 1. The summed E-state index contributed by atoms with van der Waals surface area (Å²) in [6, 6.07) is 11.7. The van der Waals surface area contributed by atoms with Gasteiger partial charge in [0.1, 0.15) is 23.8 Å². The number of allylic oxidation sites excluding steroid dienone is 2. The molecule has 1 aromatic rings. The van der Waals surface area contributed by atoms with Crippen LogP contribution in [0, 0.1) is 34.0 Å². The highest BCUT2D eigenvalue weighted by Crippen LogP contribution is 2.19. The SMILES string of the molecule is N#CC(C#N)=C(C#N)c1ccc(NN)cc1. The zero-order valence-corrected chi connectivity index (χ0v) is 8.23. The average molecular weight is 209 g/mol. The molecule has 1 aromatic carbocycles. The second kappa shape index (κ2) is 5.17. The van der Waals surface area contributed by atoms with Crippen molar-refractivity contribution in [1.82, 2.24) is 0 Å². The third kappa shape index (κ3) is 2.16. The van der Waals surface area contributed by atoms with Crippen LogP contribution in [-0.4, -0.2) is 0 Å². The Morgan fingerprint density at radius 3 is 1.94 bits per heavy atom. The van der Waals surface area contributed by atoms with E-state index < -0.39 is 0 Å². The lowest BCUT2D eigenvalue weighted by atomic mass is 10.0. The molecule has 0 bridgehead atoms. The number of nitriles is 3. The lowest BCUT2D eigenvalue weighted by Gasteiger charge is -2.01. The molecule has 0 atom stereocenters. The van der Waals surface area contributed by atoms with Gasteiger partial charge < -0.3 is 5.43 Å². The average Bonchev–Trinajstić information content (AvgIpc) is 2.36. The predicted octanol–water partition coefficient (Wildman–Crippen LogP) is 1.30. The zero-order chi connectivity index (χ0) is 12.0. The fourth-order valence-corrected chi connectivity index (χ4v) is 1.13. The fourth-order valence-electron chi connectivity index (χ4n) is 1.13. The predicted molar refractivity (Wildman–Crippen MR) is 58.0 cm³/mol. The molecule has 76 valence electrons. The summed E-state index contributed by atoms with van der Waals surface area (Å²) in [6.07, 6.45) is 0. The fraction of sp³-hybridized carbons (Fsp3) is 0. The number of hydrogen-bond donors (Lipinski definition) is 2. The highest BCUT2D eigenvalue weighted by molar-refractivity contribution is 5.84. The van der Waals surface area contributed by atoms with Crippen molar-refractivity contribution in [2.75, 3.05) is 5.43 Å². The molecule has 0 saturated heterocycles. The van der Waals surface area contributed by atoms with Crippen molar-refractivity contribution < 1.29 is 0 Å². The van der Waals surface area contributed by atoms with Crippen molar-refractivity contribution >= 4 is 11.3 Å². The molecule has 0 unspecified atom stereocenters. The monoisotopic (exact) mass is 209 g/mol. The summed E-state index contributed by atoms with van der Waals surface area (Å²) in [5.41, 5.74) is 3.50. The van der Waals surface area contributed by atoms with E-state index in [-0.39, 0.29) is 11.1 Å². The quantitative estimate of drug-likeness (QED) is 0.433. The first-order valence-electron chi connectivity index (χ1n) is 4.28.